The summed E-state index contributed by atoms with van der Waals surface area (Å²) in [5, 5.41) is 0. The molecule has 1 N–H and O–H groups in total. The van der Waals surface area contributed by atoms with Crippen molar-refractivity contribution in [3.05, 3.63) is 63.2 Å². The van der Waals surface area contributed by atoms with Crippen molar-refractivity contribution in [2.45, 2.75) is 122 Å². The number of unbranched alkanes of at least 4 members (excludes halogenated alkanes) is 15. The van der Waals surface area contributed by atoms with Gasteiger partial charge in [0.2, 0.25) is 0 Å². The van der Waals surface area contributed by atoms with Gasteiger partial charge < -0.3 is 4.74 Å². The standard InChI is InChI=1S/C31H47IO.CHF3O3S/c1-2-3-4-5-6-7-8-9-10-11-12-13-14-15-16-20-25-33-30-23-24-31(32)29(27-30)26-28-21-18-17-19-22-28;2-1(3,4)8(5,6)7/h17-19,21-24,27H,2-16,20,25-26H2,1H3;(H,5,6,7). The molecule has 0 saturated carbocycles. The van der Waals surface area contributed by atoms with E-state index in [0.29, 0.717) is 0 Å². The van der Waals surface area contributed by atoms with Crippen LogP contribution in [-0.4, -0.2) is 25.1 Å². The molecule has 0 unspecified atom stereocenters. The smallest absolute Gasteiger partial charge is 0.494 e. The lowest BCUT2D eigenvalue weighted by molar-refractivity contribution is -0.0510. The summed E-state index contributed by atoms with van der Waals surface area (Å²) < 4.78 is 64.9. The van der Waals surface area contributed by atoms with Crippen LogP contribution in [-0.2, 0) is 16.5 Å². The molecule has 0 atom stereocenters. The summed E-state index contributed by atoms with van der Waals surface area (Å²) in [6, 6.07) is 17.2. The van der Waals surface area contributed by atoms with Gasteiger partial charge in [-0.05, 0) is 64.8 Å². The van der Waals surface area contributed by atoms with Gasteiger partial charge in [-0.1, -0.05) is 134 Å². The first-order valence-corrected chi connectivity index (χ1v) is 17.6. The van der Waals surface area contributed by atoms with Crippen LogP contribution in [0, 0.1) is 3.57 Å². The van der Waals surface area contributed by atoms with Crippen LogP contribution in [0.5, 0.6) is 5.75 Å². The maximum absolute atomic E-state index is 10.7. The third kappa shape index (κ3) is 19.5. The van der Waals surface area contributed by atoms with Crippen molar-refractivity contribution in [3.8, 4) is 5.75 Å². The van der Waals surface area contributed by atoms with E-state index >= 15 is 0 Å². The van der Waals surface area contributed by atoms with Crippen molar-refractivity contribution in [1.29, 1.82) is 0 Å². The van der Waals surface area contributed by atoms with E-state index in [1.54, 1.807) is 0 Å². The summed E-state index contributed by atoms with van der Waals surface area (Å²) in [5.74, 6) is 1.02. The van der Waals surface area contributed by atoms with E-state index in [0.717, 1.165) is 25.2 Å². The van der Waals surface area contributed by atoms with Gasteiger partial charge in [-0.2, -0.15) is 21.6 Å². The third-order valence-corrected chi connectivity index (χ3v) is 8.45. The molecule has 0 bridgehead atoms. The predicted molar refractivity (Wildman–Crippen MR) is 171 cm³/mol. The van der Waals surface area contributed by atoms with Gasteiger partial charge in [-0.15, -0.1) is 0 Å². The molecule has 0 aliphatic rings. The third-order valence-electron chi connectivity index (χ3n) is 6.81. The Hall–Kier alpha value is -1.33. The zero-order chi connectivity index (χ0) is 30.4. The Morgan fingerprint density at radius 3 is 1.61 bits per heavy atom. The molecule has 0 spiro atoms. The highest BCUT2D eigenvalue weighted by Crippen LogP contribution is 2.23. The van der Waals surface area contributed by atoms with Gasteiger partial charge >= 0.3 is 15.6 Å². The molecule has 0 aliphatic heterocycles. The number of benzene rings is 2. The second-order valence-corrected chi connectivity index (χ2v) is 13.1. The minimum Gasteiger partial charge on any atom is -0.494 e. The molecular weight excluding hydrogens is 664 g/mol. The number of halogens is 4. The van der Waals surface area contributed by atoms with E-state index < -0.39 is 15.6 Å². The van der Waals surface area contributed by atoms with E-state index in [2.05, 4.69) is 78.0 Å². The van der Waals surface area contributed by atoms with Crippen molar-refractivity contribution in [2.24, 2.45) is 0 Å². The Balaban J connectivity index is 0.000000915. The first-order chi connectivity index (χ1) is 19.5. The van der Waals surface area contributed by atoms with E-state index in [-0.39, 0.29) is 0 Å². The van der Waals surface area contributed by atoms with Gasteiger partial charge in [0.1, 0.15) is 5.75 Å². The highest BCUT2D eigenvalue weighted by Gasteiger charge is 2.44. The summed E-state index contributed by atoms with van der Waals surface area (Å²) in [6.45, 7) is 3.13. The van der Waals surface area contributed by atoms with Crippen LogP contribution >= 0.6 is 22.6 Å². The number of rotatable bonds is 20. The van der Waals surface area contributed by atoms with Gasteiger partial charge in [-0.3, -0.25) is 4.55 Å². The molecule has 0 amide bonds. The number of alkyl halides is 3. The molecule has 0 aromatic heterocycles. The lowest BCUT2D eigenvalue weighted by Crippen LogP contribution is -2.21. The second kappa shape index (κ2) is 22.2. The van der Waals surface area contributed by atoms with Crippen molar-refractivity contribution in [3.63, 3.8) is 0 Å². The minimum atomic E-state index is -5.84. The lowest BCUT2D eigenvalue weighted by atomic mass is 10.0. The summed E-state index contributed by atoms with van der Waals surface area (Å²) in [4.78, 5) is 0. The van der Waals surface area contributed by atoms with Crippen molar-refractivity contribution < 1.29 is 30.9 Å². The second-order valence-electron chi connectivity index (χ2n) is 10.5. The Labute approximate surface area is 259 Å². The molecule has 2 aromatic carbocycles. The number of hydrogen-bond donors (Lipinski definition) is 1. The Kier molecular flexibility index (Phi) is 20.4. The van der Waals surface area contributed by atoms with Crippen molar-refractivity contribution in [2.75, 3.05) is 6.61 Å². The maximum Gasteiger partial charge on any atom is 0.522 e. The molecule has 9 heteroatoms. The van der Waals surface area contributed by atoms with Gasteiger partial charge in [0.05, 0.1) is 6.61 Å². The average Bonchev–Trinajstić information content (AvgIpc) is 2.92. The molecular formula is C32H48F3IO4S. The van der Waals surface area contributed by atoms with E-state index in [4.69, 9.17) is 17.7 Å². The van der Waals surface area contributed by atoms with Crippen molar-refractivity contribution in [1.82, 2.24) is 0 Å². The fraction of sp³-hybridized carbons (Fsp3) is 0.625. The van der Waals surface area contributed by atoms with Gasteiger partial charge in [-0.25, -0.2) is 0 Å². The predicted octanol–water partition coefficient (Wildman–Crippen LogP) is 10.9. The first kappa shape index (κ1) is 37.7. The molecule has 0 radical (unpaired) electrons. The van der Waals surface area contributed by atoms with E-state index in [1.165, 1.54) is 111 Å². The van der Waals surface area contributed by atoms with Crippen LogP contribution in [0.15, 0.2) is 48.5 Å². The zero-order valence-electron chi connectivity index (χ0n) is 24.4. The summed E-state index contributed by atoms with van der Waals surface area (Å²) >= 11 is 2.43. The molecule has 0 aliphatic carbocycles. The molecule has 234 valence electrons. The Morgan fingerprint density at radius 1 is 0.732 bits per heavy atom. The summed E-state index contributed by atoms with van der Waals surface area (Å²) in [5.41, 5.74) is -2.83. The monoisotopic (exact) mass is 712 g/mol. The van der Waals surface area contributed by atoms with Gasteiger partial charge in [0.15, 0.2) is 0 Å². The van der Waals surface area contributed by atoms with Gasteiger partial charge in [0, 0.05) is 3.57 Å². The topological polar surface area (TPSA) is 63.6 Å². The molecule has 2 aromatic rings. The Bertz CT molecular complexity index is 1030. The molecule has 0 fully saturated rings. The van der Waals surface area contributed by atoms with Crippen LogP contribution in [0.1, 0.15) is 121 Å². The maximum atomic E-state index is 10.7. The summed E-state index contributed by atoms with van der Waals surface area (Å²) in [6.07, 6.45) is 23.4. The number of hydrogen-bond acceptors (Lipinski definition) is 3. The molecule has 0 saturated heterocycles. The van der Waals surface area contributed by atoms with Crippen LogP contribution in [0.3, 0.4) is 0 Å². The minimum absolute atomic E-state index is 0.837. The number of ether oxygens (including phenoxy) is 1. The largest absolute Gasteiger partial charge is 0.522 e. The van der Waals surface area contributed by atoms with Crippen molar-refractivity contribution >= 4 is 32.7 Å². The highest BCUT2D eigenvalue weighted by molar-refractivity contribution is 14.1. The molecule has 41 heavy (non-hydrogen) atoms. The Morgan fingerprint density at radius 2 is 1.17 bits per heavy atom. The molecule has 4 nitrogen and oxygen atoms in total. The quantitative estimate of drug-likeness (QED) is 0.0643. The van der Waals surface area contributed by atoms with E-state index in [1.807, 2.05) is 0 Å². The average molecular weight is 713 g/mol. The SMILES string of the molecule is CCCCCCCCCCCCCCCCCCOc1ccc(I)c(Cc2ccccc2)c1.O=S(=O)(O)C(F)(F)F. The fourth-order valence-electron chi connectivity index (χ4n) is 4.43. The normalized spacial score (nSPS) is 11.7. The lowest BCUT2D eigenvalue weighted by Gasteiger charge is -2.10. The fourth-order valence-corrected chi connectivity index (χ4v) is 4.96. The van der Waals surface area contributed by atoms with E-state index in [9.17, 15) is 13.2 Å². The van der Waals surface area contributed by atoms with Crippen LogP contribution in [0.25, 0.3) is 0 Å². The zero-order valence-corrected chi connectivity index (χ0v) is 27.4. The van der Waals surface area contributed by atoms with Crippen LogP contribution < -0.4 is 4.74 Å². The van der Waals surface area contributed by atoms with Crippen LogP contribution in [0.4, 0.5) is 13.2 Å². The highest BCUT2D eigenvalue weighted by atomic mass is 127. The first-order valence-electron chi connectivity index (χ1n) is 15.0. The molecule has 2 rings (SSSR count). The summed E-state index contributed by atoms with van der Waals surface area (Å²) in [7, 11) is -5.84. The van der Waals surface area contributed by atoms with Crippen LogP contribution in [0.2, 0.25) is 0 Å². The van der Waals surface area contributed by atoms with Gasteiger partial charge in [0.25, 0.3) is 0 Å². The molecule has 0 heterocycles.